The summed E-state index contributed by atoms with van der Waals surface area (Å²) in [6.45, 7) is 2.20. The second-order valence-corrected chi connectivity index (χ2v) is 5.12. The van der Waals surface area contributed by atoms with Gasteiger partial charge in [0.05, 0.1) is 0 Å². The minimum Gasteiger partial charge on any atom is -0.320 e. The second-order valence-electron chi connectivity index (χ2n) is 5.12. The molecular formula is C14H28F3N. The van der Waals surface area contributed by atoms with Gasteiger partial charge in [0.2, 0.25) is 0 Å². The van der Waals surface area contributed by atoms with E-state index >= 15 is 0 Å². The summed E-state index contributed by atoms with van der Waals surface area (Å²) < 4.78 is 36.3. The summed E-state index contributed by atoms with van der Waals surface area (Å²) in [5.41, 5.74) is 5.03. The average Bonchev–Trinajstić information content (AvgIpc) is 2.30. The lowest BCUT2D eigenvalue weighted by atomic mass is 10.0. The van der Waals surface area contributed by atoms with E-state index in [-0.39, 0.29) is 6.42 Å². The molecule has 0 saturated carbocycles. The number of halogens is 3. The van der Waals surface area contributed by atoms with Gasteiger partial charge >= 0.3 is 6.18 Å². The molecule has 0 amide bonds. The molecule has 0 aromatic heterocycles. The second kappa shape index (κ2) is 10.7. The zero-order valence-corrected chi connectivity index (χ0v) is 11.6. The van der Waals surface area contributed by atoms with Crippen LogP contribution >= 0.6 is 0 Å². The van der Waals surface area contributed by atoms with Crippen molar-refractivity contribution < 1.29 is 13.2 Å². The molecule has 2 N–H and O–H groups in total. The van der Waals surface area contributed by atoms with Gasteiger partial charge in [-0.05, 0) is 6.42 Å². The zero-order chi connectivity index (χ0) is 13.9. The van der Waals surface area contributed by atoms with Crippen molar-refractivity contribution in [3.05, 3.63) is 0 Å². The molecule has 0 radical (unpaired) electrons. The molecule has 0 heterocycles. The van der Waals surface area contributed by atoms with Gasteiger partial charge in [0.15, 0.2) is 0 Å². The molecule has 18 heavy (non-hydrogen) atoms. The van der Waals surface area contributed by atoms with Crippen molar-refractivity contribution in [1.82, 2.24) is 0 Å². The van der Waals surface area contributed by atoms with Gasteiger partial charge in [0.25, 0.3) is 0 Å². The van der Waals surface area contributed by atoms with E-state index in [1.54, 1.807) is 0 Å². The molecule has 0 aliphatic rings. The molecule has 0 bridgehead atoms. The summed E-state index contributed by atoms with van der Waals surface area (Å²) in [6.07, 6.45) is 7.18. The van der Waals surface area contributed by atoms with Gasteiger partial charge < -0.3 is 5.73 Å². The Balaban J connectivity index is 3.17. The molecule has 0 aromatic rings. The summed E-state index contributed by atoms with van der Waals surface area (Å²) >= 11 is 0. The van der Waals surface area contributed by atoms with Crippen LogP contribution in [0.4, 0.5) is 13.2 Å². The number of rotatable bonds is 11. The smallest absolute Gasteiger partial charge is 0.320 e. The fourth-order valence-corrected chi connectivity index (χ4v) is 2.02. The van der Waals surface area contributed by atoms with Gasteiger partial charge in [-0.15, -0.1) is 0 Å². The van der Waals surface area contributed by atoms with E-state index < -0.39 is 12.2 Å². The Kier molecular flexibility index (Phi) is 10.5. The van der Waals surface area contributed by atoms with E-state index in [9.17, 15) is 13.2 Å². The number of nitrogens with two attached hydrogens (primary N) is 1. The van der Waals surface area contributed by atoms with Crippen molar-refractivity contribution in [3.8, 4) is 0 Å². The largest absolute Gasteiger partial charge is 0.403 e. The minimum atomic E-state index is -4.22. The van der Waals surface area contributed by atoms with Crippen LogP contribution in [0.5, 0.6) is 0 Å². The molecule has 110 valence electrons. The van der Waals surface area contributed by atoms with Crippen LogP contribution in [0.25, 0.3) is 0 Å². The molecule has 1 atom stereocenters. The lowest BCUT2D eigenvalue weighted by Crippen LogP contribution is -2.37. The van der Waals surface area contributed by atoms with Gasteiger partial charge in [-0.25, -0.2) is 0 Å². The van der Waals surface area contributed by atoms with Crippen molar-refractivity contribution in [2.45, 2.75) is 89.8 Å². The lowest BCUT2D eigenvalue weighted by Gasteiger charge is -2.14. The third-order valence-corrected chi connectivity index (χ3v) is 3.29. The molecule has 4 heteroatoms. The first-order valence-electron chi connectivity index (χ1n) is 7.30. The van der Waals surface area contributed by atoms with Gasteiger partial charge in [0.1, 0.15) is 6.04 Å². The van der Waals surface area contributed by atoms with Crippen LogP contribution < -0.4 is 5.73 Å². The van der Waals surface area contributed by atoms with Gasteiger partial charge in [-0.2, -0.15) is 13.2 Å². The molecule has 0 aromatic carbocycles. The van der Waals surface area contributed by atoms with Crippen LogP contribution in [-0.2, 0) is 0 Å². The Bertz CT molecular complexity index is 180. The van der Waals surface area contributed by atoms with Crippen molar-refractivity contribution in [2.75, 3.05) is 0 Å². The van der Waals surface area contributed by atoms with Crippen LogP contribution in [0.2, 0.25) is 0 Å². The van der Waals surface area contributed by atoms with Gasteiger partial charge in [0, 0.05) is 0 Å². The molecule has 0 rings (SSSR count). The zero-order valence-electron chi connectivity index (χ0n) is 11.6. The van der Waals surface area contributed by atoms with Gasteiger partial charge in [-0.1, -0.05) is 71.1 Å². The van der Waals surface area contributed by atoms with Crippen molar-refractivity contribution in [3.63, 3.8) is 0 Å². The van der Waals surface area contributed by atoms with Crippen LogP contribution in [0.15, 0.2) is 0 Å². The van der Waals surface area contributed by atoms with E-state index in [1.165, 1.54) is 38.5 Å². The van der Waals surface area contributed by atoms with E-state index in [1.807, 2.05) is 0 Å². The van der Waals surface area contributed by atoms with E-state index in [2.05, 4.69) is 6.92 Å². The van der Waals surface area contributed by atoms with Crippen LogP contribution in [0.3, 0.4) is 0 Å². The quantitative estimate of drug-likeness (QED) is 0.512. The van der Waals surface area contributed by atoms with E-state index in [4.69, 9.17) is 5.73 Å². The minimum absolute atomic E-state index is 0.0694. The number of hydrogen-bond acceptors (Lipinski definition) is 1. The van der Waals surface area contributed by atoms with Crippen molar-refractivity contribution in [2.24, 2.45) is 5.73 Å². The van der Waals surface area contributed by atoms with Crippen molar-refractivity contribution >= 4 is 0 Å². The summed E-state index contributed by atoms with van der Waals surface area (Å²) in [7, 11) is 0. The highest BCUT2D eigenvalue weighted by atomic mass is 19.4. The maximum Gasteiger partial charge on any atom is 0.403 e. The average molecular weight is 267 g/mol. The Morgan fingerprint density at radius 2 is 1.17 bits per heavy atom. The first-order valence-corrected chi connectivity index (χ1v) is 7.30. The summed E-state index contributed by atoms with van der Waals surface area (Å²) in [5.74, 6) is 0. The fraction of sp³-hybridized carbons (Fsp3) is 1.00. The Morgan fingerprint density at radius 3 is 1.56 bits per heavy atom. The van der Waals surface area contributed by atoms with Crippen molar-refractivity contribution in [1.29, 1.82) is 0 Å². The first kappa shape index (κ1) is 17.8. The predicted molar refractivity (Wildman–Crippen MR) is 70.5 cm³/mol. The van der Waals surface area contributed by atoms with E-state index in [0.717, 1.165) is 19.3 Å². The number of unbranched alkanes of at least 4 members (excludes halogenated alkanes) is 9. The Hall–Kier alpha value is -0.250. The molecule has 1 unspecified atom stereocenters. The molecule has 1 nitrogen and oxygen atoms in total. The normalized spacial score (nSPS) is 13.8. The highest BCUT2D eigenvalue weighted by molar-refractivity contribution is 4.69. The fourth-order valence-electron chi connectivity index (χ4n) is 2.02. The number of hydrogen-bond donors (Lipinski definition) is 1. The monoisotopic (exact) mass is 267 g/mol. The molecule has 0 spiro atoms. The summed E-state index contributed by atoms with van der Waals surface area (Å²) in [4.78, 5) is 0. The lowest BCUT2D eigenvalue weighted by molar-refractivity contribution is -0.149. The van der Waals surface area contributed by atoms with Crippen LogP contribution in [0.1, 0.15) is 77.6 Å². The molecule has 0 aliphatic heterocycles. The van der Waals surface area contributed by atoms with Crippen LogP contribution in [-0.4, -0.2) is 12.2 Å². The standard InChI is InChI=1S/C14H28F3N/c1-2-3-4-5-6-7-8-9-10-11-12-13(18)14(15,16)17/h13H,2-12,18H2,1H3. The predicted octanol–water partition coefficient (Wildman–Crippen LogP) is 5.19. The first-order chi connectivity index (χ1) is 8.48. The molecular weight excluding hydrogens is 239 g/mol. The summed E-state index contributed by atoms with van der Waals surface area (Å²) in [6, 6.07) is -1.63. The highest BCUT2D eigenvalue weighted by Crippen LogP contribution is 2.22. The Morgan fingerprint density at radius 1 is 0.778 bits per heavy atom. The molecule has 0 aliphatic carbocycles. The third-order valence-electron chi connectivity index (χ3n) is 3.29. The SMILES string of the molecule is CCCCCCCCCCCCC(N)C(F)(F)F. The molecule has 0 fully saturated rings. The maximum atomic E-state index is 12.1. The topological polar surface area (TPSA) is 26.0 Å². The summed E-state index contributed by atoms with van der Waals surface area (Å²) in [5, 5.41) is 0. The highest BCUT2D eigenvalue weighted by Gasteiger charge is 2.35. The maximum absolute atomic E-state index is 12.1. The Labute approximate surface area is 109 Å². The molecule has 0 saturated heterocycles. The van der Waals surface area contributed by atoms with Crippen LogP contribution in [0, 0.1) is 0 Å². The van der Waals surface area contributed by atoms with Gasteiger partial charge in [-0.3, -0.25) is 0 Å². The van der Waals surface area contributed by atoms with E-state index in [0.29, 0.717) is 6.42 Å². The third kappa shape index (κ3) is 10.9. The number of alkyl halides is 3.